The minimum absolute atomic E-state index is 0.279. The van der Waals surface area contributed by atoms with Crippen LogP contribution in [0.5, 0.6) is 0 Å². The van der Waals surface area contributed by atoms with Crippen LogP contribution in [0.1, 0.15) is 26.2 Å². The van der Waals surface area contributed by atoms with Gasteiger partial charge in [0, 0.05) is 0 Å². The zero-order chi connectivity index (χ0) is 7.11. The van der Waals surface area contributed by atoms with E-state index in [1.807, 2.05) is 6.92 Å². The van der Waals surface area contributed by atoms with Crippen LogP contribution in [-0.2, 0) is 0 Å². The highest BCUT2D eigenvalue weighted by Crippen LogP contribution is 2.00. The van der Waals surface area contributed by atoms with E-state index in [0.29, 0.717) is 6.42 Å². The average molecular weight is 130 g/mol. The molecule has 2 N–H and O–H groups in total. The Morgan fingerprint density at radius 2 is 2.22 bits per heavy atom. The molecule has 0 aliphatic carbocycles. The van der Waals surface area contributed by atoms with Gasteiger partial charge in [-0.05, 0) is 18.9 Å². The average Bonchev–Trinajstić information content (AvgIpc) is 1.85. The summed E-state index contributed by atoms with van der Waals surface area (Å²) >= 11 is 0. The van der Waals surface area contributed by atoms with Crippen LogP contribution in [-0.4, -0.2) is 16.3 Å². The highest BCUT2D eigenvalue weighted by Gasteiger charge is 1.97. The van der Waals surface area contributed by atoms with Crippen molar-refractivity contribution >= 4 is 0 Å². The first-order chi connectivity index (χ1) is 4.31. The molecule has 2 nitrogen and oxygen atoms in total. The molecule has 54 valence electrons. The lowest BCUT2D eigenvalue weighted by Crippen LogP contribution is -2.02. The largest absolute Gasteiger partial charge is 0.516 e. The van der Waals surface area contributed by atoms with Crippen molar-refractivity contribution in [1.82, 2.24) is 0 Å². The number of hydrogen-bond donors (Lipinski definition) is 2. The number of aliphatic hydroxyl groups excluding tert-OH is 2. The summed E-state index contributed by atoms with van der Waals surface area (Å²) in [6, 6.07) is 0. The van der Waals surface area contributed by atoms with E-state index in [9.17, 15) is 0 Å². The molecule has 0 radical (unpaired) electrons. The van der Waals surface area contributed by atoms with Gasteiger partial charge in [-0.25, -0.2) is 0 Å². The molecule has 0 fully saturated rings. The number of rotatable bonds is 4. The minimum Gasteiger partial charge on any atom is -0.516 e. The monoisotopic (exact) mass is 130 g/mol. The van der Waals surface area contributed by atoms with E-state index in [1.54, 1.807) is 6.08 Å². The normalized spacial score (nSPS) is 14.4. The second-order valence-corrected chi connectivity index (χ2v) is 2.06. The highest BCUT2D eigenvalue weighted by atomic mass is 16.3. The minimum atomic E-state index is -0.279. The third-order valence-corrected chi connectivity index (χ3v) is 1.14. The van der Waals surface area contributed by atoms with Gasteiger partial charge in [-0.1, -0.05) is 13.3 Å². The predicted octanol–water partition coefficient (Wildman–Crippen LogP) is 1.61. The Kier molecular flexibility index (Phi) is 5.32. The molecule has 0 aromatic carbocycles. The maximum absolute atomic E-state index is 9.02. The van der Waals surface area contributed by atoms with Gasteiger partial charge >= 0.3 is 0 Å². The number of aliphatic hydroxyl groups is 2. The molecule has 2 heteroatoms. The molecule has 9 heavy (non-hydrogen) atoms. The van der Waals surface area contributed by atoms with Gasteiger partial charge in [0.2, 0.25) is 0 Å². The molecule has 0 aliphatic heterocycles. The zero-order valence-corrected chi connectivity index (χ0v) is 5.75. The Bertz CT molecular complexity index is 79.0. The van der Waals surface area contributed by atoms with E-state index < -0.39 is 0 Å². The van der Waals surface area contributed by atoms with Gasteiger partial charge in [0.25, 0.3) is 0 Å². The molecule has 0 aliphatic rings. The van der Waals surface area contributed by atoms with E-state index in [4.69, 9.17) is 10.2 Å². The van der Waals surface area contributed by atoms with Gasteiger partial charge in [-0.3, -0.25) is 0 Å². The summed E-state index contributed by atoms with van der Waals surface area (Å²) in [6.45, 7) is 2.02. The molecule has 0 aromatic heterocycles. The molecule has 0 bridgehead atoms. The standard InChI is InChI=1S/C7H14O2/c1-2-4-7(9)5-3-6-8/h3,6-9H,2,4-5H2,1H3. The summed E-state index contributed by atoms with van der Waals surface area (Å²) in [5.74, 6) is 0. The summed E-state index contributed by atoms with van der Waals surface area (Å²) < 4.78 is 0. The van der Waals surface area contributed by atoms with Crippen molar-refractivity contribution in [2.24, 2.45) is 0 Å². The van der Waals surface area contributed by atoms with Crippen LogP contribution < -0.4 is 0 Å². The second kappa shape index (κ2) is 5.63. The van der Waals surface area contributed by atoms with Gasteiger partial charge in [-0.15, -0.1) is 0 Å². The first-order valence-corrected chi connectivity index (χ1v) is 3.28. The van der Waals surface area contributed by atoms with E-state index in [-0.39, 0.29) is 6.10 Å². The van der Waals surface area contributed by atoms with Crippen molar-refractivity contribution < 1.29 is 10.2 Å². The van der Waals surface area contributed by atoms with Crippen LogP contribution in [0.25, 0.3) is 0 Å². The molecule has 0 aromatic rings. The molecule has 0 saturated carbocycles. The number of hydrogen-bond acceptors (Lipinski definition) is 2. The third-order valence-electron chi connectivity index (χ3n) is 1.14. The Balaban J connectivity index is 3.15. The lowest BCUT2D eigenvalue weighted by atomic mass is 10.1. The summed E-state index contributed by atoms with van der Waals surface area (Å²) in [6.07, 6.45) is 4.60. The molecular formula is C7H14O2. The Morgan fingerprint density at radius 1 is 1.56 bits per heavy atom. The van der Waals surface area contributed by atoms with Crippen molar-refractivity contribution in [1.29, 1.82) is 0 Å². The fourth-order valence-electron chi connectivity index (χ4n) is 0.669. The lowest BCUT2D eigenvalue weighted by molar-refractivity contribution is 0.166. The molecular weight excluding hydrogens is 116 g/mol. The topological polar surface area (TPSA) is 40.5 Å². The van der Waals surface area contributed by atoms with Crippen LogP contribution in [0.4, 0.5) is 0 Å². The van der Waals surface area contributed by atoms with Gasteiger partial charge < -0.3 is 10.2 Å². The van der Waals surface area contributed by atoms with E-state index >= 15 is 0 Å². The van der Waals surface area contributed by atoms with E-state index in [1.165, 1.54) is 0 Å². The molecule has 0 spiro atoms. The first kappa shape index (κ1) is 8.50. The van der Waals surface area contributed by atoms with Gasteiger partial charge in [0.15, 0.2) is 0 Å². The SMILES string of the molecule is CCCC(O)CC=CO. The third kappa shape index (κ3) is 5.37. The fraction of sp³-hybridized carbons (Fsp3) is 0.714. The predicted molar refractivity (Wildman–Crippen MR) is 37.3 cm³/mol. The molecule has 1 atom stereocenters. The van der Waals surface area contributed by atoms with Crippen LogP contribution in [0.2, 0.25) is 0 Å². The van der Waals surface area contributed by atoms with Crippen molar-refractivity contribution in [3.05, 3.63) is 12.3 Å². The van der Waals surface area contributed by atoms with E-state index in [2.05, 4.69) is 0 Å². The van der Waals surface area contributed by atoms with Gasteiger partial charge in [-0.2, -0.15) is 0 Å². The first-order valence-electron chi connectivity index (χ1n) is 3.28. The maximum Gasteiger partial charge on any atom is 0.0752 e. The van der Waals surface area contributed by atoms with E-state index in [0.717, 1.165) is 19.1 Å². The molecule has 0 saturated heterocycles. The lowest BCUT2D eigenvalue weighted by Gasteiger charge is -2.02. The summed E-state index contributed by atoms with van der Waals surface area (Å²) in [5, 5.41) is 17.2. The van der Waals surface area contributed by atoms with Crippen LogP contribution in [0, 0.1) is 0 Å². The maximum atomic E-state index is 9.02. The summed E-state index contributed by atoms with van der Waals surface area (Å²) in [7, 11) is 0. The van der Waals surface area contributed by atoms with Crippen molar-refractivity contribution in [2.75, 3.05) is 0 Å². The Morgan fingerprint density at radius 3 is 2.67 bits per heavy atom. The van der Waals surface area contributed by atoms with Crippen LogP contribution in [0.3, 0.4) is 0 Å². The Labute approximate surface area is 55.8 Å². The molecule has 0 heterocycles. The zero-order valence-electron chi connectivity index (χ0n) is 5.75. The van der Waals surface area contributed by atoms with Crippen LogP contribution >= 0.6 is 0 Å². The van der Waals surface area contributed by atoms with Crippen molar-refractivity contribution in [3.8, 4) is 0 Å². The summed E-state index contributed by atoms with van der Waals surface area (Å²) in [5.41, 5.74) is 0. The molecule has 0 rings (SSSR count). The fourth-order valence-corrected chi connectivity index (χ4v) is 0.669. The van der Waals surface area contributed by atoms with Crippen molar-refractivity contribution in [3.63, 3.8) is 0 Å². The van der Waals surface area contributed by atoms with Gasteiger partial charge in [0.05, 0.1) is 12.4 Å². The smallest absolute Gasteiger partial charge is 0.0752 e. The van der Waals surface area contributed by atoms with Crippen molar-refractivity contribution in [2.45, 2.75) is 32.3 Å². The highest BCUT2D eigenvalue weighted by molar-refractivity contribution is 4.75. The summed E-state index contributed by atoms with van der Waals surface area (Å²) in [4.78, 5) is 0. The quantitative estimate of drug-likeness (QED) is 0.567. The molecule has 0 amide bonds. The molecule has 1 unspecified atom stereocenters. The van der Waals surface area contributed by atoms with Gasteiger partial charge in [0.1, 0.15) is 0 Å². The Hall–Kier alpha value is -0.500. The van der Waals surface area contributed by atoms with Crippen LogP contribution in [0.15, 0.2) is 12.3 Å². The second-order valence-electron chi connectivity index (χ2n) is 2.06.